The number of hydrogen-bond acceptors (Lipinski definition) is 4. The summed E-state index contributed by atoms with van der Waals surface area (Å²) in [7, 11) is 1.76. The summed E-state index contributed by atoms with van der Waals surface area (Å²) in [6, 6.07) is 15.2. The van der Waals surface area contributed by atoms with Crippen molar-refractivity contribution in [2.24, 2.45) is 0 Å². The number of nitrogens with one attached hydrogen (secondary N) is 1. The molecule has 0 radical (unpaired) electrons. The lowest BCUT2D eigenvalue weighted by atomic mass is 10.1. The molecular formula is C23H21N5O. The minimum Gasteiger partial charge on any atom is -0.341 e. The topological polar surface area (TPSA) is 74.8 Å². The van der Waals surface area contributed by atoms with Gasteiger partial charge in [-0.3, -0.25) is 14.8 Å². The highest BCUT2D eigenvalue weighted by Gasteiger charge is 2.15. The van der Waals surface area contributed by atoms with Gasteiger partial charge >= 0.3 is 0 Å². The Labute approximate surface area is 169 Å². The van der Waals surface area contributed by atoms with Crippen LogP contribution in [0, 0.1) is 13.8 Å². The molecule has 1 N–H and O–H groups in total. The van der Waals surface area contributed by atoms with E-state index in [0.29, 0.717) is 5.56 Å². The average molecular weight is 383 g/mol. The molecule has 0 spiro atoms. The van der Waals surface area contributed by atoms with E-state index in [9.17, 15) is 4.79 Å². The number of aromatic amines is 1. The maximum Gasteiger partial charge on any atom is 0.259 e. The average Bonchev–Trinajstić information content (AvgIpc) is 3.12. The Kier molecular flexibility index (Phi) is 4.91. The SMILES string of the molecule is Cc1nc(-c2cc(-c3cncc(C(=O)N(C)c4ccccc4)c3)ccn2)[nH]c1C. The highest BCUT2D eigenvalue weighted by molar-refractivity contribution is 6.06. The van der Waals surface area contributed by atoms with Crippen LogP contribution in [0.25, 0.3) is 22.6 Å². The van der Waals surface area contributed by atoms with Gasteiger partial charge in [-0.05, 0) is 49.7 Å². The predicted molar refractivity (Wildman–Crippen MR) is 114 cm³/mol. The summed E-state index contributed by atoms with van der Waals surface area (Å²) >= 11 is 0. The summed E-state index contributed by atoms with van der Waals surface area (Å²) in [5.41, 5.74) is 5.84. The number of carbonyl (C=O) groups excluding carboxylic acids is 1. The second-order valence-corrected chi connectivity index (χ2v) is 6.89. The number of imidazole rings is 1. The zero-order valence-corrected chi connectivity index (χ0v) is 16.5. The third-order valence-corrected chi connectivity index (χ3v) is 4.90. The lowest BCUT2D eigenvalue weighted by molar-refractivity contribution is 0.0992. The molecule has 3 heterocycles. The van der Waals surface area contributed by atoms with E-state index in [0.717, 1.165) is 39.7 Å². The van der Waals surface area contributed by atoms with Crippen LogP contribution in [0.4, 0.5) is 5.69 Å². The molecule has 4 aromatic rings. The minimum absolute atomic E-state index is 0.114. The summed E-state index contributed by atoms with van der Waals surface area (Å²) < 4.78 is 0. The van der Waals surface area contributed by atoms with Crippen LogP contribution < -0.4 is 4.90 Å². The molecule has 4 rings (SSSR count). The van der Waals surface area contributed by atoms with Gasteiger partial charge in [-0.15, -0.1) is 0 Å². The molecule has 1 amide bonds. The highest BCUT2D eigenvalue weighted by atomic mass is 16.2. The van der Waals surface area contributed by atoms with E-state index in [1.165, 1.54) is 0 Å². The van der Waals surface area contributed by atoms with Crippen LogP contribution in [0.15, 0.2) is 67.1 Å². The van der Waals surface area contributed by atoms with Crippen molar-refractivity contribution in [1.29, 1.82) is 0 Å². The first-order valence-electron chi connectivity index (χ1n) is 9.31. The number of rotatable bonds is 4. The molecule has 6 nitrogen and oxygen atoms in total. The van der Waals surface area contributed by atoms with Crippen molar-refractivity contribution < 1.29 is 4.79 Å². The fourth-order valence-corrected chi connectivity index (χ4v) is 3.09. The van der Waals surface area contributed by atoms with E-state index in [-0.39, 0.29) is 5.91 Å². The normalized spacial score (nSPS) is 10.7. The zero-order chi connectivity index (χ0) is 20.4. The first-order valence-corrected chi connectivity index (χ1v) is 9.31. The molecular weight excluding hydrogens is 362 g/mol. The largest absolute Gasteiger partial charge is 0.341 e. The summed E-state index contributed by atoms with van der Waals surface area (Å²) in [5, 5.41) is 0. The Balaban J connectivity index is 1.65. The van der Waals surface area contributed by atoms with Gasteiger partial charge in [0.1, 0.15) is 5.69 Å². The van der Waals surface area contributed by atoms with Crippen molar-refractivity contribution in [2.45, 2.75) is 13.8 Å². The quantitative estimate of drug-likeness (QED) is 0.566. The molecule has 0 aliphatic heterocycles. The number of aryl methyl sites for hydroxylation is 2. The standard InChI is InChI=1S/C23H21N5O/c1-15-16(2)27-22(26-15)21-12-17(9-10-25-21)18-11-19(14-24-13-18)23(29)28(3)20-7-5-4-6-8-20/h4-14H,1-3H3,(H,26,27). The predicted octanol–water partition coefficient (Wildman–Crippen LogP) is 4.43. The van der Waals surface area contributed by atoms with Gasteiger partial charge in [0.05, 0.1) is 11.3 Å². The van der Waals surface area contributed by atoms with Gasteiger partial charge in [-0.2, -0.15) is 0 Å². The van der Waals surface area contributed by atoms with Crippen molar-refractivity contribution in [3.8, 4) is 22.6 Å². The van der Waals surface area contributed by atoms with Crippen molar-refractivity contribution in [2.75, 3.05) is 11.9 Å². The first kappa shape index (κ1) is 18.6. The van der Waals surface area contributed by atoms with E-state index in [2.05, 4.69) is 19.9 Å². The molecule has 0 aliphatic rings. The van der Waals surface area contributed by atoms with Crippen LogP contribution in [0.5, 0.6) is 0 Å². The number of carbonyl (C=O) groups is 1. The number of pyridine rings is 2. The third kappa shape index (κ3) is 3.78. The van der Waals surface area contributed by atoms with Gasteiger partial charge < -0.3 is 9.88 Å². The van der Waals surface area contributed by atoms with E-state index in [1.807, 2.05) is 62.4 Å². The molecule has 1 aromatic carbocycles. The molecule has 6 heteroatoms. The number of aromatic nitrogens is 4. The summed E-state index contributed by atoms with van der Waals surface area (Å²) in [6.07, 6.45) is 5.08. The molecule has 0 saturated carbocycles. The molecule has 144 valence electrons. The Bertz CT molecular complexity index is 1150. The molecule has 0 saturated heterocycles. The van der Waals surface area contributed by atoms with Crippen LogP contribution in [-0.4, -0.2) is 32.9 Å². The van der Waals surface area contributed by atoms with E-state index in [1.54, 1.807) is 30.5 Å². The van der Waals surface area contributed by atoms with Gasteiger partial charge in [0.15, 0.2) is 5.82 Å². The van der Waals surface area contributed by atoms with Crippen molar-refractivity contribution in [3.05, 3.63) is 84.1 Å². The van der Waals surface area contributed by atoms with Crippen molar-refractivity contribution >= 4 is 11.6 Å². The van der Waals surface area contributed by atoms with Crippen LogP contribution in [0.2, 0.25) is 0 Å². The maximum absolute atomic E-state index is 12.9. The number of hydrogen-bond donors (Lipinski definition) is 1. The van der Waals surface area contributed by atoms with Gasteiger partial charge in [-0.25, -0.2) is 4.98 Å². The second kappa shape index (κ2) is 7.67. The van der Waals surface area contributed by atoms with E-state index < -0.39 is 0 Å². The van der Waals surface area contributed by atoms with E-state index >= 15 is 0 Å². The number of H-pyrrole nitrogens is 1. The smallest absolute Gasteiger partial charge is 0.259 e. The fourth-order valence-electron chi connectivity index (χ4n) is 3.09. The summed E-state index contributed by atoms with van der Waals surface area (Å²) in [5.74, 6) is 0.614. The maximum atomic E-state index is 12.9. The molecule has 0 unspecified atom stereocenters. The summed E-state index contributed by atoms with van der Waals surface area (Å²) in [6.45, 7) is 3.94. The molecule has 29 heavy (non-hydrogen) atoms. The third-order valence-electron chi connectivity index (χ3n) is 4.90. The van der Waals surface area contributed by atoms with Crippen molar-refractivity contribution in [3.63, 3.8) is 0 Å². The van der Waals surface area contributed by atoms with Crippen LogP contribution in [0.1, 0.15) is 21.7 Å². The van der Waals surface area contributed by atoms with Crippen molar-refractivity contribution in [1.82, 2.24) is 19.9 Å². The number of nitrogens with zero attached hydrogens (tertiary/aromatic N) is 4. The first-order chi connectivity index (χ1) is 14.0. The van der Waals surface area contributed by atoms with Crippen LogP contribution in [0.3, 0.4) is 0 Å². The lowest BCUT2D eigenvalue weighted by Crippen LogP contribution is -2.26. The Morgan fingerprint density at radius 2 is 1.79 bits per heavy atom. The molecule has 0 atom stereocenters. The zero-order valence-electron chi connectivity index (χ0n) is 16.5. The monoisotopic (exact) mass is 383 g/mol. The number of para-hydroxylation sites is 1. The highest BCUT2D eigenvalue weighted by Crippen LogP contribution is 2.25. The van der Waals surface area contributed by atoms with Crippen LogP contribution >= 0.6 is 0 Å². The van der Waals surface area contributed by atoms with Gasteiger partial charge in [0.2, 0.25) is 0 Å². The molecule has 0 bridgehead atoms. The van der Waals surface area contributed by atoms with Gasteiger partial charge in [-0.1, -0.05) is 18.2 Å². The summed E-state index contributed by atoms with van der Waals surface area (Å²) in [4.78, 5) is 31.0. The Morgan fingerprint density at radius 3 is 2.52 bits per heavy atom. The molecule has 0 fully saturated rings. The van der Waals surface area contributed by atoms with Gasteiger partial charge in [0.25, 0.3) is 5.91 Å². The minimum atomic E-state index is -0.114. The van der Waals surface area contributed by atoms with E-state index in [4.69, 9.17) is 0 Å². The fraction of sp³-hybridized carbons (Fsp3) is 0.130. The Morgan fingerprint density at radius 1 is 1.00 bits per heavy atom. The number of benzene rings is 1. The van der Waals surface area contributed by atoms with Gasteiger partial charge in [0, 0.05) is 42.6 Å². The van der Waals surface area contributed by atoms with Crippen LogP contribution in [-0.2, 0) is 0 Å². The Hall–Kier alpha value is -3.80. The molecule has 3 aromatic heterocycles. The number of anilines is 1. The second-order valence-electron chi connectivity index (χ2n) is 6.89. The molecule has 0 aliphatic carbocycles. The number of amides is 1. The lowest BCUT2D eigenvalue weighted by Gasteiger charge is -2.17.